The van der Waals surface area contributed by atoms with Crippen LogP contribution in [-0.4, -0.2) is 22.1 Å². The monoisotopic (exact) mass is 337 g/mol. The molecule has 0 aliphatic heterocycles. The minimum atomic E-state index is -0.139. The van der Waals surface area contributed by atoms with Crippen LogP contribution >= 0.6 is 15.9 Å². The Morgan fingerprint density at radius 2 is 2.20 bits per heavy atom. The molecule has 0 spiro atoms. The molecule has 0 aliphatic carbocycles. The van der Waals surface area contributed by atoms with Gasteiger partial charge in [-0.05, 0) is 27.9 Å². The van der Waals surface area contributed by atoms with Crippen LogP contribution in [0.4, 0.5) is 0 Å². The molecule has 106 valence electrons. The Bertz CT molecular complexity index is 638. The van der Waals surface area contributed by atoms with E-state index < -0.39 is 0 Å². The second-order valence-corrected chi connectivity index (χ2v) is 5.20. The summed E-state index contributed by atoms with van der Waals surface area (Å²) >= 11 is 3.28. The highest BCUT2D eigenvalue weighted by atomic mass is 79.9. The molecular formula is C14H16BrN3O2. The molecule has 0 fully saturated rings. The van der Waals surface area contributed by atoms with Crippen molar-refractivity contribution in [1.82, 2.24) is 15.0 Å². The van der Waals surface area contributed by atoms with Crippen molar-refractivity contribution in [3.63, 3.8) is 0 Å². The van der Waals surface area contributed by atoms with Crippen LogP contribution in [0, 0.1) is 0 Å². The molecule has 2 aromatic rings. The molecule has 0 aliphatic rings. The van der Waals surface area contributed by atoms with Crippen LogP contribution in [0.2, 0.25) is 0 Å². The lowest BCUT2D eigenvalue weighted by Crippen LogP contribution is -2.16. The second-order valence-electron chi connectivity index (χ2n) is 4.41. The van der Waals surface area contributed by atoms with Crippen molar-refractivity contribution < 1.29 is 4.74 Å². The Morgan fingerprint density at radius 3 is 2.80 bits per heavy atom. The van der Waals surface area contributed by atoms with E-state index in [1.165, 1.54) is 0 Å². The molecule has 2 aromatic heterocycles. The first-order valence-electron chi connectivity index (χ1n) is 6.40. The number of nitrogens with one attached hydrogen (secondary N) is 1. The van der Waals surface area contributed by atoms with Gasteiger partial charge in [0, 0.05) is 18.7 Å². The van der Waals surface area contributed by atoms with E-state index in [0.717, 1.165) is 24.1 Å². The van der Waals surface area contributed by atoms with Crippen LogP contribution in [0.3, 0.4) is 0 Å². The number of ether oxygens (including phenoxy) is 1. The normalized spacial score (nSPS) is 10.6. The molecule has 0 atom stereocenters. The van der Waals surface area contributed by atoms with Gasteiger partial charge in [-0.1, -0.05) is 19.4 Å². The number of aryl methyl sites for hydroxylation is 1. The number of nitrogens with zero attached hydrogens (tertiary/aromatic N) is 2. The SMILES string of the molecule is CCCc1nc(Cc2ccc(OC)nc2)[nH]c(=O)c1Br. The van der Waals surface area contributed by atoms with Crippen molar-refractivity contribution >= 4 is 15.9 Å². The number of H-pyrrole nitrogens is 1. The van der Waals surface area contributed by atoms with Gasteiger partial charge in [-0.2, -0.15) is 0 Å². The maximum Gasteiger partial charge on any atom is 0.265 e. The zero-order valence-electron chi connectivity index (χ0n) is 11.4. The predicted molar refractivity (Wildman–Crippen MR) is 80.1 cm³/mol. The average molecular weight is 338 g/mol. The van der Waals surface area contributed by atoms with Gasteiger partial charge in [0.25, 0.3) is 5.56 Å². The lowest BCUT2D eigenvalue weighted by Gasteiger charge is -2.06. The van der Waals surface area contributed by atoms with Crippen LogP contribution in [0.5, 0.6) is 5.88 Å². The summed E-state index contributed by atoms with van der Waals surface area (Å²) in [7, 11) is 1.58. The summed E-state index contributed by atoms with van der Waals surface area (Å²) in [5.74, 6) is 1.21. The van der Waals surface area contributed by atoms with Gasteiger partial charge in [-0.25, -0.2) is 9.97 Å². The molecular weight excluding hydrogens is 322 g/mol. The summed E-state index contributed by atoms with van der Waals surface area (Å²) in [6.45, 7) is 2.06. The van der Waals surface area contributed by atoms with E-state index in [1.54, 1.807) is 19.4 Å². The summed E-state index contributed by atoms with van der Waals surface area (Å²) < 4.78 is 5.54. The molecule has 0 amide bonds. The summed E-state index contributed by atoms with van der Waals surface area (Å²) in [6.07, 6.45) is 3.98. The third kappa shape index (κ3) is 3.45. The summed E-state index contributed by atoms with van der Waals surface area (Å²) in [5, 5.41) is 0. The average Bonchev–Trinajstić information content (AvgIpc) is 2.45. The van der Waals surface area contributed by atoms with E-state index in [9.17, 15) is 4.79 Å². The Hall–Kier alpha value is -1.69. The Balaban J connectivity index is 2.26. The van der Waals surface area contributed by atoms with Crippen molar-refractivity contribution in [3.8, 4) is 5.88 Å². The van der Waals surface area contributed by atoms with E-state index >= 15 is 0 Å². The number of pyridine rings is 1. The Morgan fingerprint density at radius 1 is 1.40 bits per heavy atom. The fourth-order valence-corrected chi connectivity index (χ4v) is 2.26. The quantitative estimate of drug-likeness (QED) is 0.909. The molecule has 2 rings (SSSR count). The first kappa shape index (κ1) is 14.7. The van der Waals surface area contributed by atoms with Gasteiger partial charge in [0.1, 0.15) is 10.3 Å². The number of methoxy groups -OCH3 is 1. The fraction of sp³-hybridized carbons (Fsp3) is 0.357. The van der Waals surface area contributed by atoms with Crippen LogP contribution in [-0.2, 0) is 12.8 Å². The molecule has 0 saturated carbocycles. The minimum absolute atomic E-state index is 0.139. The van der Waals surface area contributed by atoms with E-state index in [-0.39, 0.29) is 5.56 Å². The van der Waals surface area contributed by atoms with Gasteiger partial charge in [0.2, 0.25) is 5.88 Å². The van der Waals surface area contributed by atoms with Gasteiger partial charge in [0.15, 0.2) is 0 Å². The smallest absolute Gasteiger partial charge is 0.265 e. The van der Waals surface area contributed by atoms with Gasteiger partial charge >= 0.3 is 0 Å². The first-order chi connectivity index (χ1) is 9.63. The zero-order valence-corrected chi connectivity index (χ0v) is 13.0. The maximum atomic E-state index is 11.8. The molecule has 2 heterocycles. The maximum absolute atomic E-state index is 11.8. The number of halogens is 1. The van der Waals surface area contributed by atoms with E-state index in [4.69, 9.17) is 4.74 Å². The number of hydrogen-bond acceptors (Lipinski definition) is 4. The number of aromatic nitrogens is 3. The van der Waals surface area contributed by atoms with Crippen LogP contribution in [0.1, 0.15) is 30.4 Å². The molecule has 0 aromatic carbocycles. The summed E-state index contributed by atoms with van der Waals surface area (Å²) in [5.41, 5.74) is 1.63. The second kappa shape index (κ2) is 6.65. The lowest BCUT2D eigenvalue weighted by molar-refractivity contribution is 0.397. The summed E-state index contributed by atoms with van der Waals surface area (Å²) in [4.78, 5) is 23.3. The molecule has 1 N–H and O–H groups in total. The standard InChI is InChI=1S/C14H16BrN3O2/c1-3-4-10-13(15)14(19)18-11(17-10)7-9-5-6-12(20-2)16-8-9/h5-6,8H,3-4,7H2,1-2H3,(H,17,18,19). The van der Waals surface area contributed by atoms with E-state index in [0.29, 0.717) is 22.6 Å². The van der Waals surface area contributed by atoms with Gasteiger partial charge in [-0.3, -0.25) is 4.79 Å². The van der Waals surface area contributed by atoms with Crippen molar-refractivity contribution in [1.29, 1.82) is 0 Å². The predicted octanol–water partition coefficient (Wildman–Crippen LogP) is 2.48. The van der Waals surface area contributed by atoms with E-state index in [1.807, 2.05) is 6.07 Å². The summed E-state index contributed by atoms with van der Waals surface area (Å²) in [6, 6.07) is 3.70. The Kier molecular flexibility index (Phi) is 4.89. The van der Waals surface area contributed by atoms with Crippen molar-refractivity contribution in [2.24, 2.45) is 0 Å². The highest BCUT2D eigenvalue weighted by Crippen LogP contribution is 2.13. The molecule has 6 heteroatoms. The van der Waals surface area contributed by atoms with Crippen molar-refractivity contribution in [2.45, 2.75) is 26.2 Å². The topological polar surface area (TPSA) is 67.9 Å². The lowest BCUT2D eigenvalue weighted by atomic mass is 10.2. The molecule has 0 radical (unpaired) electrons. The fourth-order valence-electron chi connectivity index (χ4n) is 1.87. The molecule has 20 heavy (non-hydrogen) atoms. The molecule has 0 unspecified atom stereocenters. The van der Waals surface area contributed by atoms with Crippen LogP contribution in [0.15, 0.2) is 27.6 Å². The third-order valence-corrected chi connectivity index (χ3v) is 3.66. The first-order valence-corrected chi connectivity index (χ1v) is 7.19. The third-order valence-electron chi connectivity index (χ3n) is 2.85. The van der Waals surface area contributed by atoms with Crippen LogP contribution in [0.25, 0.3) is 0 Å². The van der Waals surface area contributed by atoms with Crippen molar-refractivity contribution in [3.05, 3.63) is 50.2 Å². The van der Waals surface area contributed by atoms with E-state index in [2.05, 4.69) is 37.8 Å². The zero-order chi connectivity index (χ0) is 14.5. The number of hydrogen-bond donors (Lipinski definition) is 1. The molecule has 0 bridgehead atoms. The number of aromatic amines is 1. The molecule has 5 nitrogen and oxygen atoms in total. The highest BCUT2D eigenvalue weighted by molar-refractivity contribution is 9.10. The van der Waals surface area contributed by atoms with Gasteiger partial charge < -0.3 is 9.72 Å². The van der Waals surface area contributed by atoms with Gasteiger partial charge in [0.05, 0.1) is 12.8 Å². The Labute approximate surface area is 125 Å². The highest BCUT2D eigenvalue weighted by Gasteiger charge is 2.09. The van der Waals surface area contributed by atoms with Crippen molar-refractivity contribution in [2.75, 3.05) is 7.11 Å². The van der Waals surface area contributed by atoms with Crippen LogP contribution < -0.4 is 10.3 Å². The largest absolute Gasteiger partial charge is 0.481 e. The number of rotatable bonds is 5. The van der Waals surface area contributed by atoms with Gasteiger partial charge in [-0.15, -0.1) is 0 Å². The molecule has 0 saturated heterocycles. The minimum Gasteiger partial charge on any atom is -0.481 e.